The maximum absolute atomic E-state index is 10.8. The smallest absolute Gasteiger partial charge is 0.331 e. The molecule has 0 saturated heterocycles. The molecule has 1 aromatic rings. The Kier molecular flexibility index (Phi) is 4.90. The molecule has 15 heavy (non-hydrogen) atoms. The predicted octanol–water partition coefficient (Wildman–Crippen LogP) is 3.04. The molecule has 0 aliphatic rings. The second-order valence-electron chi connectivity index (χ2n) is 2.62. The minimum Gasteiger partial charge on any atom is -0.466 e. The molecular formula is C10H9ClINO2. The molecule has 0 bridgehead atoms. The Labute approximate surface area is 107 Å². The summed E-state index contributed by atoms with van der Waals surface area (Å²) < 4.78 is 5.50. The summed E-state index contributed by atoms with van der Waals surface area (Å²) in [4.78, 5) is 10.8. The van der Waals surface area contributed by atoms with Gasteiger partial charge in [-0.3, -0.25) is 0 Å². The fourth-order valence-electron chi connectivity index (χ4n) is 0.876. The van der Waals surface area contributed by atoms with E-state index in [4.69, 9.17) is 11.6 Å². The molecular weight excluding hydrogens is 328 g/mol. The van der Waals surface area contributed by atoms with Crippen molar-refractivity contribution in [1.29, 1.82) is 0 Å². The van der Waals surface area contributed by atoms with Crippen LogP contribution in [0, 0.1) is 3.57 Å². The standard InChI is InChI=1S/C10H9ClINO2/c1-15-10(14)4-5-13-9-6-7(12)2-3-8(9)11/h2-6,13H,1H3/b5-4+. The average molecular weight is 338 g/mol. The van der Waals surface area contributed by atoms with Crippen LogP contribution >= 0.6 is 34.2 Å². The third kappa shape index (κ3) is 4.09. The Hall–Kier alpha value is -0.750. The molecule has 5 heteroatoms. The summed E-state index contributed by atoms with van der Waals surface area (Å²) in [6.07, 6.45) is 2.78. The highest BCUT2D eigenvalue weighted by Gasteiger charge is 1.98. The van der Waals surface area contributed by atoms with Crippen LogP contribution in [0.3, 0.4) is 0 Å². The summed E-state index contributed by atoms with van der Waals surface area (Å²) >= 11 is 8.11. The monoisotopic (exact) mass is 337 g/mol. The van der Waals surface area contributed by atoms with Crippen molar-refractivity contribution in [2.45, 2.75) is 0 Å². The number of nitrogens with one attached hydrogen (secondary N) is 1. The number of halogens is 2. The van der Waals surface area contributed by atoms with E-state index >= 15 is 0 Å². The number of rotatable bonds is 3. The molecule has 0 unspecified atom stereocenters. The van der Waals surface area contributed by atoms with Crippen LogP contribution in [0.2, 0.25) is 5.02 Å². The number of hydrogen-bond acceptors (Lipinski definition) is 3. The zero-order valence-corrected chi connectivity index (χ0v) is 10.9. The van der Waals surface area contributed by atoms with E-state index in [1.54, 1.807) is 6.07 Å². The van der Waals surface area contributed by atoms with Gasteiger partial charge < -0.3 is 10.1 Å². The van der Waals surface area contributed by atoms with E-state index in [1.165, 1.54) is 19.4 Å². The lowest BCUT2D eigenvalue weighted by Gasteiger charge is -2.03. The molecule has 80 valence electrons. The van der Waals surface area contributed by atoms with Gasteiger partial charge in [-0.2, -0.15) is 0 Å². The Bertz CT molecular complexity index is 393. The lowest BCUT2D eigenvalue weighted by molar-refractivity contribution is -0.134. The topological polar surface area (TPSA) is 38.3 Å². The zero-order chi connectivity index (χ0) is 11.3. The third-order valence-corrected chi connectivity index (χ3v) is 2.59. The number of benzene rings is 1. The molecule has 0 atom stereocenters. The number of carbonyl (C=O) groups excluding carboxylic acids is 1. The first-order chi connectivity index (χ1) is 7.13. The summed E-state index contributed by atoms with van der Waals surface area (Å²) in [7, 11) is 1.32. The quantitative estimate of drug-likeness (QED) is 0.523. The molecule has 0 saturated carbocycles. The average Bonchev–Trinajstić information content (AvgIpc) is 2.23. The van der Waals surface area contributed by atoms with E-state index in [1.807, 2.05) is 12.1 Å². The molecule has 0 spiro atoms. The highest BCUT2D eigenvalue weighted by atomic mass is 127. The Morgan fingerprint density at radius 3 is 3.00 bits per heavy atom. The lowest BCUT2D eigenvalue weighted by atomic mass is 10.3. The summed E-state index contributed by atoms with van der Waals surface area (Å²) in [6, 6.07) is 5.57. The van der Waals surface area contributed by atoms with Crippen LogP contribution in [0.25, 0.3) is 0 Å². The van der Waals surface area contributed by atoms with E-state index in [-0.39, 0.29) is 0 Å². The van der Waals surface area contributed by atoms with Crippen molar-refractivity contribution in [2.24, 2.45) is 0 Å². The summed E-state index contributed by atoms with van der Waals surface area (Å²) in [6.45, 7) is 0. The van der Waals surface area contributed by atoms with Gasteiger partial charge in [-0.25, -0.2) is 4.79 Å². The van der Waals surface area contributed by atoms with Gasteiger partial charge >= 0.3 is 5.97 Å². The first-order valence-corrected chi connectivity index (χ1v) is 5.55. The van der Waals surface area contributed by atoms with Gasteiger partial charge in [0.2, 0.25) is 0 Å². The molecule has 0 aromatic heterocycles. The number of esters is 1. The van der Waals surface area contributed by atoms with Crippen molar-refractivity contribution in [2.75, 3.05) is 12.4 Å². The van der Waals surface area contributed by atoms with Crippen molar-refractivity contribution in [3.05, 3.63) is 39.1 Å². The minimum atomic E-state index is -0.413. The number of anilines is 1. The van der Waals surface area contributed by atoms with Gasteiger partial charge in [0.1, 0.15) is 0 Å². The molecule has 1 N–H and O–H groups in total. The maximum Gasteiger partial charge on any atom is 0.331 e. The highest BCUT2D eigenvalue weighted by Crippen LogP contribution is 2.23. The molecule has 0 amide bonds. The second-order valence-corrected chi connectivity index (χ2v) is 4.28. The van der Waals surface area contributed by atoms with Crippen LogP contribution in [0.15, 0.2) is 30.5 Å². The molecule has 3 nitrogen and oxygen atoms in total. The minimum absolute atomic E-state index is 0.413. The molecule has 0 fully saturated rings. The van der Waals surface area contributed by atoms with Gasteiger partial charge in [-0.05, 0) is 40.8 Å². The first-order valence-electron chi connectivity index (χ1n) is 4.09. The Morgan fingerprint density at radius 1 is 1.60 bits per heavy atom. The molecule has 0 aliphatic carbocycles. The van der Waals surface area contributed by atoms with Crippen molar-refractivity contribution < 1.29 is 9.53 Å². The Balaban J connectivity index is 2.68. The van der Waals surface area contributed by atoms with E-state index in [9.17, 15) is 4.79 Å². The molecule has 1 aromatic carbocycles. The van der Waals surface area contributed by atoms with Gasteiger partial charge in [0.25, 0.3) is 0 Å². The molecule has 1 rings (SSSR count). The van der Waals surface area contributed by atoms with E-state index in [0.29, 0.717) is 5.02 Å². The number of methoxy groups -OCH3 is 1. The van der Waals surface area contributed by atoms with Crippen molar-refractivity contribution in [1.82, 2.24) is 0 Å². The maximum atomic E-state index is 10.8. The van der Waals surface area contributed by atoms with Crippen LogP contribution in [0.4, 0.5) is 5.69 Å². The first kappa shape index (κ1) is 12.3. The summed E-state index contributed by atoms with van der Waals surface area (Å²) in [5.41, 5.74) is 0.753. The van der Waals surface area contributed by atoms with Crippen molar-refractivity contribution >= 4 is 45.8 Å². The number of hydrogen-bond donors (Lipinski definition) is 1. The van der Waals surface area contributed by atoms with E-state index in [2.05, 4.69) is 32.6 Å². The van der Waals surface area contributed by atoms with Gasteiger partial charge in [-0.15, -0.1) is 0 Å². The fraction of sp³-hybridized carbons (Fsp3) is 0.100. The fourth-order valence-corrected chi connectivity index (χ4v) is 1.54. The van der Waals surface area contributed by atoms with Gasteiger partial charge in [-0.1, -0.05) is 11.6 Å². The van der Waals surface area contributed by atoms with Gasteiger partial charge in [0.15, 0.2) is 0 Å². The highest BCUT2D eigenvalue weighted by molar-refractivity contribution is 14.1. The van der Waals surface area contributed by atoms with Crippen molar-refractivity contribution in [3.63, 3.8) is 0 Å². The third-order valence-electron chi connectivity index (χ3n) is 1.59. The molecule has 0 aliphatic heterocycles. The second kappa shape index (κ2) is 5.97. The van der Waals surface area contributed by atoms with Gasteiger partial charge in [0, 0.05) is 15.8 Å². The van der Waals surface area contributed by atoms with E-state index in [0.717, 1.165) is 9.26 Å². The largest absolute Gasteiger partial charge is 0.466 e. The lowest BCUT2D eigenvalue weighted by Crippen LogP contribution is -1.96. The van der Waals surface area contributed by atoms with Crippen LogP contribution in [0.5, 0.6) is 0 Å². The molecule has 0 radical (unpaired) electrons. The van der Waals surface area contributed by atoms with Gasteiger partial charge in [0.05, 0.1) is 17.8 Å². The Morgan fingerprint density at radius 2 is 2.33 bits per heavy atom. The van der Waals surface area contributed by atoms with Crippen LogP contribution in [-0.2, 0) is 9.53 Å². The zero-order valence-electron chi connectivity index (χ0n) is 7.96. The molecule has 0 heterocycles. The van der Waals surface area contributed by atoms with Crippen molar-refractivity contribution in [3.8, 4) is 0 Å². The van der Waals surface area contributed by atoms with E-state index < -0.39 is 5.97 Å². The van der Waals surface area contributed by atoms with Crippen LogP contribution in [0.1, 0.15) is 0 Å². The SMILES string of the molecule is COC(=O)/C=C/Nc1cc(I)ccc1Cl. The predicted molar refractivity (Wildman–Crippen MR) is 68.9 cm³/mol. The van der Waals surface area contributed by atoms with Crippen LogP contribution < -0.4 is 5.32 Å². The summed E-state index contributed by atoms with van der Waals surface area (Å²) in [5.74, 6) is -0.413. The normalized spacial score (nSPS) is 10.3. The van der Waals surface area contributed by atoms with Crippen LogP contribution in [-0.4, -0.2) is 13.1 Å². The number of carbonyl (C=O) groups is 1. The number of ether oxygens (including phenoxy) is 1. The summed E-state index contributed by atoms with van der Waals surface area (Å²) in [5, 5.41) is 3.50.